The van der Waals surface area contributed by atoms with Gasteiger partial charge in [0.05, 0.1) is 11.0 Å². The lowest BCUT2D eigenvalue weighted by molar-refractivity contribution is -0.152. The molecule has 5 nitrogen and oxygen atoms in total. The quantitative estimate of drug-likeness (QED) is 0.844. The first-order valence-electron chi connectivity index (χ1n) is 6.49. The normalized spacial score (nSPS) is 11.9. The number of hydrogen-bond acceptors (Lipinski definition) is 3. The fourth-order valence-corrected chi connectivity index (χ4v) is 1.49. The molecule has 116 valence electrons. The summed E-state index contributed by atoms with van der Waals surface area (Å²) < 4.78 is 17.9. The summed E-state index contributed by atoms with van der Waals surface area (Å²) in [6.45, 7) is 6.07. The van der Waals surface area contributed by atoms with Crippen LogP contribution in [0, 0.1) is 11.2 Å². The van der Waals surface area contributed by atoms with Crippen LogP contribution in [0.3, 0.4) is 0 Å². The topological polar surface area (TPSA) is 75.6 Å². The van der Waals surface area contributed by atoms with Gasteiger partial charge < -0.3 is 15.2 Å². The van der Waals surface area contributed by atoms with Gasteiger partial charge in [0.25, 0.3) is 5.91 Å². The second-order valence-corrected chi connectivity index (χ2v) is 5.85. The van der Waals surface area contributed by atoms with Crippen molar-refractivity contribution >= 4 is 11.9 Å². The second-order valence-electron chi connectivity index (χ2n) is 5.85. The molecule has 0 aliphatic carbocycles. The molecule has 0 bridgehead atoms. The van der Waals surface area contributed by atoms with Gasteiger partial charge in [-0.15, -0.1) is 0 Å². The van der Waals surface area contributed by atoms with Crippen molar-refractivity contribution in [1.82, 2.24) is 5.32 Å². The third-order valence-corrected chi connectivity index (χ3v) is 3.73. The molecule has 0 aromatic heterocycles. The number of rotatable bonds is 6. The van der Waals surface area contributed by atoms with Crippen molar-refractivity contribution in [3.8, 4) is 5.75 Å². The van der Waals surface area contributed by atoms with Crippen molar-refractivity contribution in [1.29, 1.82) is 0 Å². The summed E-state index contributed by atoms with van der Waals surface area (Å²) in [6.07, 6.45) is 0. The molecule has 0 fully saturated rings. The smallest absolute Gasteiger partial charge is 0.311 e. The van der Waals surface area contributed by atoms with Crippen molar-refractivity contribution in [2.24, 2.45) is 5.41 Å². The Morgan fingerprint density at radius 2 is 1.71 bits per heavy atom. The van der Waals surface area contributed by atoms with Gasteiger partial charge in [0, 0.05) is 0 Å². The predicted molar refractivity (Wildman–Crippen MR) is 75.5 cm³/mol. The molecule has 0 saturated carbocycles. The second kappa shape index (κ2) is 6.11. The molecule has 0 atom stereocenters. The van der Waals surface area contributed by atoms with Crippen LogP contribution in [0.5, 0.6) is 5.75 Å². The van der Waals surface area contributed by atoms with E-state index in [9.17, 15) is 19.1 Å². The minimum atomic E-state index is -1.14. The number of carbonyl (C=O) groups is 2. The highest BCUT2D eigenvalue weighted by Crippen LogP contribution is 2.30. The first-order chi connectivity index (χ1) is 9.56. The molecular weight excluding hydrogens is 277 g/mol. The summed E-state index contributed by atoms with van der Waals surface area (Å²) in [5.41, 5.74) is -2.10. The van der Waals surface area contributed by atoms with E-state index in [4.69, 9.17) is 4.74 Å². The van der Waals surface area contributed by atoms with Crippen LogP contribution in [-0.2, 0) is 9.59 Å². The first kappa shape index (κ1) is 16.9. The molecule has 0 saturated heterocycles. The zero-order chi connectivity index (χ0) is 16.3. The zero-order valence-corrected chi connectivity index (χ0v) is 12.6. The van der Waals surface area contributed by atoms with Crippen LogP contribution in [0.2, 0.25) is 0 Å². The maximum absolute atomic E-state index is 12.7. The molecule has 21 heavy (non-hydrogen) atoms. The summed E-state index contributed by atoms with van der Waals surface area (Å²) in [5.74, 6) is -1.48. The molecular formula is C15H20FNO4. The van der Waals surface area contributed by atoms with Crippen molar-refractivity contribution < 1.29 is 23.8 Å². The Morgan fingerprint density at radius 1 is 1.19 bits per heavy atom. The van der Waals surface area contributed by atoms with Crippen LogP contribution in [0.25, 0.3) is 0 Å². The minimum absolute atomic E-state index is 0.273. The zero-order valence-electron chi connectivity index (χ0n) is 12.6. The molecule has 1 rings (SSSR count). The van der Waals surface area contributed by atoms with Gasteiger partial charge in [-0.05, 0) is 52.0 Å². The van der Waals surface area contributed by atoms with E-state index in [0.29, 0.717) is 5.75 Å². The molecule has 0 unspecified atom stereocenters. The number of amides is 1. The fourth-order valence-electron chi connectivity index (χ4n) is 1.49. The Morgan fingerprint density at radius 3 is 2.19 bits per heavy atom. The number of carbonyl (C=O) groups excluding carboxylic acids is 1. The lowest BCUT2D eigenvalue weighted by atomic mass is 9.74. The van der Waals surface area contributed by atoms with Gasteiger partial charge in [0.15, 0.2) is 6.61 Å². The number of ether oxygens (including phenoxy) is 1. The van der Waals surface area contributed by atoms with Gasteiger partial charge in [-0.3, -0.25) is 9.59 Å². The average molecular weight is 297 g/mol. The standard InChI is InChI=1S/C15H20FNO4/c1-14(2,13(19)20)15(3,4)17-12(18)9-21-11-7-5-10(16)6-8-11/h5-8H,9H2,1-4H3,(H,17,18)(H,19,20). The molecule has 0 aliphatic rings. The summed E-state index contributed by atoms with van der Waals surface area (Å²) >= 11 is 0. The summed E-state index contributed by atoms with van der Waals surface area (Å²) in [7, 11) is 0. The maximum atomic E-state index is 12.7. The van der Waals surface area contributed by atoms with Gasteiger partial charge in [-0.1, -0.05) is 0 Å². The van der Waals surface area contributed by atoms with E-state index in [0.717, 1.165) is 0 Å². The Labute approximate surface area is 123 Å². The van der Waals surface area contributed by atoms with E-state index in [1.54, 1.807) is 13.8 Å². The van der Waals surface area contributed by atoms with E-state index in [1.807, 2.05) is 0 Å². The van der Waals surface area contributed by atoms with Crippen LogP contribution < -0.4 is 10.1 Å². The molecule has 6 heteroatoms. The number of nitrogens with one attached hydrogen (secondary N) is 1. The predicted octanol–water partition coefficient (Wildman–Crippen LogP) is 2.21. The first-order valence-corrected chi connectivity index (χ1v) is 6.49. The number of carboxylic acids is 1. The summed E-state index contributed by atoms with van der Waals surface area (Å²) in [6, 6.07) is 5.28. The van der Waals surface area contributed by atoms with Crippen LogP contribution in [-0.4, -0.2) is 29.1 Å². The highest BCUT2D eigenvalue weighted by Gasteiger charge is 2.44. The van der Waals surface area contributed by atoms with E-state index < -0.39 is 28.6 Å². The number of hydrogen-bond donors (Lipinski definition) is 2. The lowest BCUT2D eigenvalue weighted by Crippen LogP contribution is -2.57. The van der Waals surface area contributed by atoms with Gasteiger partial charge in [0.1, 0.15) is 11.6 Å². The Bertz CT molecular complexity index is 523. The van der Waals surface area contributed by atoms with Crippen molar-refractivity contribution in [3.05, 3.63) is 30.1 Å². The van der Waals surface area contributed by atoms with Crippen LogP contribution >= 0.6 is 0 Å². The van der Waals surface area contributed by atoms with E-state index in [1.165, 1.54) is 38.1 Å². The largest absolute Gasteiger partial charge is 0.484 e. The van der Waals surface area contributed by atoms with Crippen LogP contribution in [0.1, 0.15) is 27.7 Å². The average Bonchev–Trinajstić information content (AvgIpc) is 2.37. The van der Waals surface area contributed by atoms with Gasteiger partial charge >= 0.3 is 5.97 Å². The van der Waals surface area contributed by atoms with Crippen molar-refractivity contribution in [2.45, 2.75) is 33.2 Å². The highest BCUT2D eigenvalue weighted by molar-refractivity contribution is 5.81. The summed E-state index contributed by atoms with van der Waals surface area (Å²) in [5, 5.41) is 11.8. The fraction of sp³-hybridized carbons (Fsp3) is 0.467. The Hall–Kier alpha value is -2.11. The third kappa shape index (κ3) is 4.18. The molecule has 0 aliphatic heterocycles. The lowest BCUT2D eigenvalue weighted by Gasteiger charge is -2.38. The Kier molecular flexibility index (Phi) is 4.93. The highest BCUT2D eigenvalue weighted by atomic mass is 19.1. The molecule has 1 aromatic carbocycles. The monoisotopic (exact) mass is 297 g/mol. The van der Waals surface area contributed by atoms with Crippen LogP contribution in [0.15, 0.2) is 24.3 Å². The molecule has 0 spiro atoms. The molecule has 2 N–H and O–H groups in total. The van der Waals surface area contributed by atoms with Crippen LogP contribution in [0.4, 0.5) is 4.39 Å². The van der Waals surface area contributed by atoms with Gasteiger partial charge in [0.2, 0.25) is 0 Å². The third-order valence-electron chi connectivity index (χ3n) is 3.73. The number of halogens is 1. The van der Waals surface area contributed by atoms with Gasteiger partial charge in [-0.25, -0.2) is 4.39 Å². The molecule has 1 aromatic rings. The SMILES string of the molecule is CC(C)(NC(=O)COc1ccc(F)cc1)C(C)(C)C(=O)O. The molecule has 1 amide bonds. The summed E-state index contributed by atoms with van der Waals surface area (Å²) in [4.78, 5) is 23.1. The van der Waals surface area contributed by atoms with Crippen molar-refractivity contribution in [2.75, 3.05) is 6.61 Å². The molecule has 0 radical (unpaired) electrons. The van der Waals surface area contributed by atoms with E-state index in [2.05, 4.69) is 5.32 Å². The number of aliphatic carboxylic acids is 1. The maximum Gasteiger partial charge on any atom is 0.311 e. The Balaban J connectivity index is 2.61. The van der Waals surface area contributed by atoms with E-state index >= 15 is 0 Å². The number of carboxylic acid groups (broad SMARTS) is 1. The minimum Gasteiger partial charge on any atom is -0.484 e. The van der Waals surface area contributed by atoms with Gasteiger partial charge in [-0.2, -0.15) is 0 Å². The number of benzene rings is 1. The van der Waals surface area contributed by atoms with Crippen molar-refractivity contribution in [3.63, 3.8) is 0 Å². The molecule has 0 heterocycles. The van der Waals surface area contributed by atoms with E-state index in [-0.39, 0.29) is 6.61 Å².